The zero-order valence-corrected chi connectivity index (χ0v) is 15.3. The van der Waals surface area contributed by atoms with Crippen LogP contribution in [0.2, 0.25) is 0 Å². The van der Waals surface area contributed by atoms with Crippen molar-refractivity contribution in [2.45, 2.75) is 23.9 Å². The van der Waals surface area contributed by atoms with Gasteiger partial charge in [-0.3, -0.25) is 9.79 Å². The van der Waals surface area contributed by atoms with Crippen molar-refractivity contribution < 1.29 is 13.2 Å². The lowest BCUT2D eigenvalue weighted by atomic mass is 10.1. The van der Waals surface area contributed by atoms with Crippen LogP contribution in [0, 0.1) is 0 Å². The van der Waals surface area contributed by atoms with Crippen molar-refractivity contribution >= 4 is 38.4 Å². The molecule has 0 aliphatic carbocycles. The molecular weight excluding hydrogens is 378 g/mol. The summed E-state index contributed by atoms with van der Waals surface area (Å²) in [5.41, 5.74) is 11.4. The summed E-state index contributed by atoms with van der Waals surface area (Å²) in [5.74, 6) is -0.593. The van der Waals surface area contributed by atoms with Crippen LogP contribution in [0.4, 0.5) is 5.13 Å². The Kier molecular flexibility index (Phi) is 7.00. The van der Waals surface area contributed by atoms with Gasteiger partial charge in [-0.25, -0.2) is 14.7 Å². The number of anilines is 1. The molecule has 2 rings (SSSR count). The van der Waals surface area contributed by atoms with Gasteiger partial charge in [-0.1, -0.05) is 6.07 Å². The summed E-state index contributed by atoms with van der Waals surface area (Å²) in [6.07, 6.45) is 3.76. The summed E-state index contributed by atoms with van der Waals surface area (Å²) in [4.78, 5) is 23.5. The average Bonchev–Trinajstić information content (AvgIpc) is 3.12. The molecule has 0 spiro atoms. The number of hydrogen-bond acceptors (Lipinski definition) is 8. The fourth-order valence-corrected chi connectivity index (χ4v) is 3.29. The highest BCUT2D eigenvalue weighted by Gasteiger charge is 2.16. The lowest BCUT2D eigenvalue weighted by Gasteiger charge is -2.10. The third-order valence-corrected chi connectivity index (χ3v) is 5.07. The predicted molar refractivity (Wildman–Crippen MR) is 99.0 cm³/mol. The topological polar surface area (TPSA) is 165 Å². The molecule has 140 valence electrons. The number of guanidine groups is 1. The third-order valence-electron chi connectivity index (χ3n) is 3.11. The second-order valence-corrected chi connectivity index (χ2v) is 7.64. The van der Waals surface area contributed by atoms with Gasteiger partial charge in [-0.05, 0) is 25.0 Å². The van der Waals surface area contributed by atoms with Crippen molar-refractivity contribution in [1.82, 2.24) is 14.7 Å². The number of nitrogens with one attached hydrogen (secondary N) is 2. The molecule has 0 bridgehead atoms. The van der Waals surface area contributed by atoms with Gasteiger partial charge in [-0.2, -0.15) is 8.42 Å². The summed E-state index contributed by atoms with van der Waals surface area (Å²) in [5, 5.41) is 4.67. The number of carbonyl (C=O) groups excluding carboxylic acids is 1. The number of nitrogens with zero attached hydrogens (tertiary/aromatic N) is 3. The largest absolute Gasteiger partial charge is 0.369 e. The van der Waals surface area contributed by atoms with E-state index in [0.29, 0.717) is 18.0 Å². The molecule has 0 aromatic carbocycles. The lowest BCUT2D eigenvalue weighted by molar-refractivity contribution is -0.117. The molecule has 26 heavy (non-hydrogen) atoms. The zero-order chi connectivity index (χ0) is 19.0. The predicted octanol–water partition coefficient (Wildman–Crippen LogP) is -0.123. The summed E-state index contributed by atoms with van der Waals surface area (Å²) in [7, 11) is -3.87. The maximum Gasteiger partial charge on any atom is 0.281 e. The van der Waals surface area contributed by atoms with Crippen molar-refractivity contribution in [2.75, 3.05) is 11.9 Å². The first-order valence-corrected chi connectivity index (χ1v) is 9.94. The average molecular weight is 397 g/mol. The molecule has 0 aliphatic rings. The molecule has 1 amide bonds. The van der Waals surface area contributed by atoms with Crippen LogP contribution in [0.25, 0.3) is 0 Å². The van der Waals surface area contributed by atoms with E-state index in [4.69, 9.17) is 11.5 Å². The van der Waals surface area contributed by atoms with Crippen molar-refractivity contribution in [3.8, 4) is 0 Å². The van der Waals surface area contributed by atoms with Gasteiger partial charge in [0.1, 0.15) is 0 Å². The third kappa shape index (κ3) is 6.06. The molecule has 0 radical (unpaired) electrons. The van der Waals surface area contributed by atoms with Crippen molar-refractivity contribution in [3.05, 3.63) is 36.0 Å². The van der Waals surface area contributed by atoms with E-state index in [-0.39, 0.29) is 23.4 Å². The van der Waals surface area contributed by atoms with E-state index < -0.39 is 16.1 Å². The van der Waals surface area contributed by atoms with Crippen molar-refractivity contribution in [3.63, 3.8) is 0 Å². The molecule has 10 nitrogen and oxygen atoms in total. The lowest BCUT2D eigenvalue weighted by Crippen LogP contribution is -2.37. The molecular formula is C14H19N7O3S2. The molecule has 2 aromatic heterocycles. The Labute approximate surface area is 154 Å². The minimum absolute atomic E-state index is 0.154. The minimum atomic E-state index is -3.87. The Balaban J connectivity index is 1.76. The molecule has 1 atom stereocenters. The number of hydrogen-bond donors (Lipinski definition) is 4. The molecule has 0 unspecified atom stereocenters. The molecule has 12 heteroatoms. The number of carbonyl (C=O) groups is 1. The summed E-state index contributed by atoms with van der Waals surface area (Å²) in [6.45, 7) is 0.217. The zero-order valence-electron chi connectivity index (χ0n) is 13.7. The highest BCUT2D eigenvalue weighted by atomic mass is 32.2. The minimum Gasteiger partial charge on any atom is -0.369 e. The van der Waals surface area contributed by atoms with Gasteiger partial charge in [-0.15, -0.1) is 11.3 Å². The van der Waals surface area contributed by atoms with Crippen LogP contribution in [0.5, 0.6) is 0 Å². The molecule has 0 saturated carbocycles. The van der Waals surface area contributed by atoms with E-state index in [2.05, 4.69) is 25.0 Å². The fraction of sp³-hybridized carbons (Fsp3) is 0.286. The van der Waals surface area contributed by atoms with Crippen LogP contribution in [0.1, 0.15) is 12.8 Å². The smallest absolute Gasteiger partial charge is 0.281 e. The van der Waals surface area contributed by atoms with Gasteiger partial charge < -0.3 is 16.8 Å². The first kappa shape index (κ1) is 19.8. The Hall–Kier alpha value is -2.57. The van der Waals surface area contributed by atoms with E-state index in [9.17, 15) is 13.2 Å². The van der Waals surface area contributed by atoms with E-state index in [0.717, 1.165) is 0 Å². The van der Waals surface area contributed by atoms with E-state index in [1.54, 1.807) is 23.7 Å². The number of thiazole rings is 1. The van der Waals surface area contributed by atoms with Gasteiger partial charge in [0, 0.05) is 24.3 Å². The molecule has 0 aliphatic heterocycles. The van der Waals surface area contributed by atoms with Crippen LogP contribution < -0.4 is 21.5 Å². The van der Waals surface area contributed by atoms with Crippen LogP contribution in [0.3, 0.4) is 0 Å². The molecule has 2 aromatic rings. The van der Waals surface area contributed by atoms with Gasteiger partial charge in [0.25, 0.3) is 10.0 Å². The first-order valence-electron chi connectivity index (χ1n) is 7.58. The van der Waals surface area contributed by atoms with Gasteiger partial charge in [0.2, 0.25) is 11.9 Å². The van der Waals surface area contributed by atoms with Crippen LogP contribution in [0.15, 0.2) is 46.0 Å². The van der Waals surface area contributed by atoms with E-state index in [1.165, 1.54) is 23.6 Å². The molecule has 0 saturated heterocycles. The number of rotatable bonds is 8. The number of aliphatic imine (C=N–C) groups is 1. The van der Waals surface area contributed by atoms with Gasteiger partial charge >= 0.3 is 0 Å². The highest BCUT2D eigenvalue weighted by Crippen LogP contribution is 2.11. The normalized spacial score (nSPS) is 13.2. The Morgan fingerprint density at radius 1 is 1.31 bits per heavy atom. The van der Waals surface area contributed by atoms with Crippen LogP contribution in [-0.4, -0.2) is 42.8 Å². The number of nitrogens with two attached hydrogens (primary N) is 2. The molecule has 6 N–H and O–H groups in total. The number of sulfonamides is 1. The second kappa shape index (κ2) is 9.22. The quantitative estimate of drug-likeness (QED) is 0.274. The van der Waals surface area contributed by atoms with Crippen molar-refractivity contribution in [2.24, 2.45) is 16.5 Å². The Morgan fingerprint density at radius 3 is 2.77 bits per heavy atom. The second-order valence-electron chi connectivity index (χ2n) is 5.12. The van der Waals surface area contributed by atoms with Gasteiger partial charge in [0.15, 0.2) is 10.2 Å². The van der Waals surface area contributed by atoms with Gasteiger partial charge in [0.05, 0.1) is 6.04 Å². The number of pyridine rings is 1. The Bertz CT molecular complexity index is 839. The standard InChI is InChI=1S/C14H19N7O3S2/c15-10(12(22)20-14-19-8-9-25-14)4-3-7-18-13(16)21-26(23,24)11-5-1-2-6-17-11/h1-2,5-6,8-10H,3-4,7,15H2,(H3,16,18,21)(H,19,20,22)/t10-/m0/s1. The SMILES string of the molecule is NC(=NCCC[C@H](N)C(=O)Nc1nccs1)NS(=O)(=O)c1ccccn1. The highest BCUT2D eigenvalue weighted by molar-refractivity contribution is 7.90. The maximum atomic E-state index is 12.0. The van der Waals surface area contributed by atoms with Crippen LogP contribution in [-0.2, 0) is 14.8 Å². The summed E-state index contributed by atoms with van der Waals surface area (Å²) >= 11 is 1.30. The first-order chi connectivity index (χ1) is 12.4. The summed E-state index contributed by atoms with van der Waals surface area (Å²) in [6, 6.07) is 3.77. The molecule has 0 fully saturated rings. The number of aromatic nitrogens is 2. The Morgan fingerprint density at radius 2 is 2.12 bits per heavy atom. The maximum absolute atomic E-state index is 12.0. The molecule has 2 heterocycles. The number of amides is 1. The van der Waals surface area contributed by atoms with E-state index in [1.807, 2.05) is 0 Å². The van der Waals surface area contributed by atoms with Crippen molar-refractivity contribution in [1.29, 1.82) is 0 Å². The summed E-state index contributed by atoms with van der Waals surface area (Å²) < 4.78 is 26.2. The van der Waals surface area contributed by atoms with Crippen LogP contribution >= 0.6 is 11.3 Å². The van der Waals surface area contributed by atoms with E-state index >= 15 is 0 Å². The fourth-order valence-electron chi connectivity index (χ4n) is 1.85. The monoisotopic (exact) mass is 397 g/mol.